The van der Waals surface area contributed by atoms with Gasteiger partial charge >= 0.3 is 5.97 Å². The Kier molecular flexibility index (Phi) is 5.94. The zero-order valence-corrected chi connectivity index (χ0v) is 17.7. The summed E-state index contributed by atoms with van der Waals surface area (Å²) in [6, 6.07) is 18.4. The second-order valence-electron chi connectivity index (χ2n) is 9.28. The van der Waals surface area contributed by atoms with E-state index in [1.165, 1.54) is 5.56 Å². The minimum Gasteiger partial charge on any atom is -0.481 e. The Morgan fingerprint density at radius 3 is 2.40 bits per heavy atom. The van der Waals surface area contributed by atoms with E-state index in [1.54, 1.807) is 0 Å². The minimum absolute atomic E-state index is 0.0357. The molecule has 4 rings (SSSR count). The molecule has 2 atom stereocenters. The number of carbonyl (C=O) groups is 2. The van der Waals surface area contributed by atoms with E-state index in [2.05, 4.69) is 31.2 Å². The Balaban J connectivity index is 1.48. The molecule has 0 aromatic heterocycles. The van der Waals surface area contributed by atoms with Crippen LogP contribution in [0.2, 0.25) is 0 Å². The van der Waals surface area contributed by atoms with Crippen molar-refractivity contribution < 1.29 is 14.7 Å². The van der Waals surface area contributed by atoms with Gasteiger partial charge in [-0.3, -0.25) is 9.59 Å². The number of benzene rings is 2. The van der Waals surface area contributed by atoms with Gasteiger partial charge in [0.25, 0.3) is 0 Å². The SMILES string of the molecule is CC1(c2ccccc2)CCC(=O)N(Cc2ccc(C(C(=O)O)C3CCCC3)cc2)C1. The molecule has 2 fully saturated rings. The first-order chi connectivity index (χ1) is 14.5. The van der Waals surface area contributed by atoms with Crippen molar-refractivity contribution in [1.82, 2.24) is 4.90 Å². The van der Waals surface area contributed by atoms with Crippen LogP contribution in [-0.2, 0) is 21.5 Å². The number of carbonyl (C=O) groups excluding carboxylic acids is 1. The van der Waals surface area contributed by atoms with Gasteiger partial charge in [0, 0.05) is 24.9 Å². The van der Waals surface area contributed by atoms with Crippen molar-refractivity contribution in [2.45, 2.75) is 63.3 Å². The van der Waals surface area contributed by atoms with Crippen molar-refractivity contribution in [2.24, 2.45) is 5.92 Å². The lowest BCUT2D eigenvalue weighted by Crippen LogP contribution is -2.47. The van der Waals surface area contributed by atoms with Crippen LogP contribution < -0.4 is 0 Å². The largest absolute Gasteiger partial charge is 0.481 e. The Hall–Kier alpha value is -2.62. The predicted octanol–water partition coefficient (Wildman–Crippen LogP) is 5.13. The van der Waals surface area contributed by atoms with Gasteiger partial charge < -0.3 is 10.0 Å². The van der Waals surface area contributed by atoms with E-state index < -0.39 is 11.9 Å². The van der Waals surface area contributed by atoms with E-state index in [0.717, 1.165) is 43.2 Å². The number of piperidine rings is 1. The lowest BCUT2D eigenvalue weighted by molar-refractivity contribution is -0.140. The van der Waals surface area contributed by atoms with Crippen LogP contribution in [0.3, 0.4) is 0 Å². The highest BCUT2D eigenvalue weighted by molar-refractivity contribution is 5.78. The van der Waals surface area contributed by atoms with Crippen molar-refractivity contribution in [3.05, 3.63) is 71.3 Å². The molecule has 1 aliphatic carbocycles. The number of carboxylic acids is 1. The van der Waals surface area contributed by atoms with Gasteiger partial charge in [-0.15, -0.1) is 0 Å². The van der Waals surface area contributed by atoms with Crippen LogP contribution in [0, 0.1) is 5.92 Å². The monoisotopic (exact) mass is 405 g/mol. The smallest absolute Gasteiger partial charge is 0.311 e. The summed E-state index contributed by atoms with van der Waals surface area (Å²) in [7, 11) is 0. The molecule has 0 spiro atoms. The number of carboxylic acid groups (broad SMARTS) is 1. The number of rotatable bonds is 6. The number of hydrogen-bond acceptors (Lipinski definition) is 2. The Labute approximate surface area is 178 Å². The number of hydrogen-bond donors (Lipinski definition) is 1. The quantitative estimate of drug-likeness (QED) is 0.725. The Morgan fingerprint density at radius 1 is 1.10 bits per heavy atom. The summed E-state index contributed by atoms with van der Waals surface area (Å²) in [4.78, 5) is 26.4. The number of amides is 1. The van der Waals surface area contributed by atoms with Crippen molar-refractivity contribution >= 4 is 11.9 Å². The molecule has 2 aliphatic rings. The van der Waals surface area contributed by atoms with Crippen molar-refractivity contribution in [2.75, 3.05) is 6.54 Å². The van der Waals surface area contributed by atoms with Gasteiger partial charge in [-0.05, 0) is 41.9 Å². The molecule has 158 valence electrons. The molecule has 2 aromatic carbocycles. The summed E-state index contributed by atoms with van der Waals surface area (Å²) in [5, 5.41) is 9.77. The second-order valence-corrected chi connectivity index (χ2v) is 9.28. The van der Waals surface area contributed by atoms with E-state index in [-0.39, 0.29) is 17.2 Å². The molecule has 0 bridgehead atoms. The maximum absolute atomic E-state index is 12.6. The molecule has 30 heavy (non-hydrogen) atoms. The molecule has 1 heterocycles. The highest BCUT2D eigenvalue weighted by Crippen LogP contribution is 2.38. The molecule has 2 aromatic rings. The molecule has 0 radical (unpaired) electrons. The van der Waals surface area contributed by atoms with Crippen molar-refractivity contribution in [3.8, 4) is 0 Å². The van der Waals surface area contributed by atoms with Gasteiger partial charge in [0.1, 0.15) is 0 Å². The number of aliphatic carboxylic acids is 1. The highest BCUT2D eigenvalue weighted by atomic mass is 16.4. The van der Waals surface area contributed by atoms with Crippen molar-refractivity contribution in [1.29, 1.82) is 0 Å². The lowest BCUT2D eigenvalue weighted by Gasteiger charge is -2.41. The number of likely N-dealkylation sites (tertiary alicyclic amines) is 1. The van der Waals surface area contributed by atoms with Crippen LogP contribution in [0.15, 0.2) is 54.6 Å². The van der Waals surface area contributed by atoms with Crippen LogP contribution in [0.4, 0.5) is 0 Å². The predicted molar refractivity (Wildman–Crippen MR) is 117 cm³/mol. The van der Waals surface area contributed by atoms with Gasteiger partial charge in [-0.25, -0.2) is 0 Å². The Morgan fingerprint density at radius 2 is 1.77 bits per heavy atom. The summed E-state index contributed by atoms with van der Waals surface area (Å²) in [5.74, 6) is -0.704. The first-order valence-electron chi connectivity index (χ1n) is 11.1. The van der Waals surface area contributed by atoms with E-state index >= 15 is 0 Å². The molecular formula is C26H31NO3. The third-order valence-electron chi connectivity index (χ3n) is 7.10. The molecule has 4 nitrogen and oxygen atoms in total. The van der Waals surface area contributed by atoms with Crippen LogP contribution >= 0.6 is 0 Å². The molecule has 4 heteroatoms. The van der Waals surface area contributed by atoms with Crippen LogP contribution in [0.25, 0.3) is 0 Å². The van der Waals surface area contributed by atoms with Crippen LogP contribution in [0.5, 0.6) is 0 Å². The molecule has 1 aliphatic heterocycles. The summed E-state index contributed by atoms with van der Waals surface area (Å²) >= 11 is 0. The maximum atomic E-state index is 12.6. The third-order valence-corrected chi connectivity index (χ3v) is 7.10. The molecule has 1 amide bonds. The topological polar surface area (TPSA) is 57.6 Å². The fraction of sp³-hybridized carbons (Fsp3) is 0.462. The van der Waals surface area contributed by atoms with Gasteiger partial charge in [-0.1, -0.05) is 74.4 Å². The van der Waals surface area contributed by atoms with Gasteiger partial charge in [0.15, 0.2) is 0 Å². The average Bonchev–Trinajstić information content (AvgIpc) is 3.27. The fourth-order valence-corrected chi connectivity index (χ4v) is 5.31. The summed E-state index contributed by atoms with van der Waals surface area (Å²) < 4.78 is 0. The average molecular weight is 406 g/mol. The molecule has 2 unspecified atom stereocenters. The lowest BCUT2D eigenvalue weighted by atomic mass is 9.75. The zero-order chi connectivity index (χ0) is 21.1. The Bertz CT molecular complexity index is 886. The highest BCUT2D eigenvalue weighted by Gasteiger charge is 2.36. The molecule has 1 N–H and O–H groups in total. The van der Waals surface area contributed by atoms with E-state index in [9.17, 15) is 14.7 Å². The van der Waals surface area contributed by atoms with Gasteiger partial charge in [-0.2, -0.15) is 0 Å². The third kappa shape index (κ3) is 4.28. The first-order valence-corrected chi connectivity index (χ1v) is 11.1. The van der Waals surface area contributed by atoms with Crippen molar-refractivity contribution in [3.63, 3.8) is 0 Å². The van der Waals surface area contributed by atoms with E-state index in [1.807, 2.05) is 35.2 Å². The van der Waals surface area contributed by atoms with Gasteiger partial charge in [0.05, 0.1) is 5.92 Å². The second kappa shape index (κ2) is 8.63. The van der Waals surface area contributed by atoms with Crippen LogP contribution in [0.1, 0.15) is 68.1 Å². The normalized spacial score (nSPS) is 23.5. The molecule has 1 saturated carbocycles. The summed E-state index contributed by atoms with van der Waals surface area (Å²) in [5.41, 5.74) is 3.18. The first kappa shape index (κ1) is 20.6. The number of nitrogens with zero attached hydrogens (tertiary/aromatic N) is 1. The minimum atomic E-state index is -0.723. The van der Waals surface area contributed by atoms with E-state index in [4.69, 9.17) is 0 Å². The fourth-order valence-electron chi connectivity index (χ4n) is 5.31. The standard InChI is InChI=1S/C26H31NO3/c1-26(22-9-3-2-4-10-22)16-15-23(28)27(18-26)17-19-11-13-21(14-12-19)24(25(29)30)20-7-5-6-8-20/h2-4,9-14,20,24H,5-8,15-18H2,1H3,(H,29,30). The van der Waals surface area contributed by atoms with E-state index in [0.29, 0.717) is 19.5 Å². The summed E-state index contributed by atoms with van der Waals surface area (Å²) in [6.45, 7) is 3.52. The molecule has 1 saturated heterocycles. The molecular weight excluding hydrogens is 374 g/mol. The zero-order valence-electron chi connectivity index (χ0n) is 17.7. The van der Waals surface area contributed by atoms with Crippen LogP contribution in [-0.4, -0.2) is 28.4 Å². The maximum Gasteiger partial charge on any atom is 0.311 e. The summed E-state index contributed by atoms with van der Waals surface area (Å²) in [6.07, 6.45) is 5.69. The van der Waals surface area contributed by atoms with Gasteiger partial charge in [0.2, 0.25) is 5.91 Å².